The Bertz CT molecular complexity index is 985. The van der Waals surface area contributed by atoms with E-state index in [1.165, 1.54) is 5.56 Å². The monoisotopic (exact) mass is 464 g/mol. The molecule has 2 amide bonds. The number of fused-ring (bicyclic) bond motifs is 1. The number of ether oxygens (including phenoxy) is 2. The molecule has 0 radical (unpaired) electrons. The highest BCUT2D eigenvalue weighted by Crippen LogP contribution is 2.38. The molecular formula is C28H36N2O4. The van der Waals surface area contributed by atoms with Crippen molar-refractivity contribution in [2.75, 3.05) is 32.8 Å². The third-order valence-corrected chi connectivity index (χ3v) is 6.61. The zero-order valence-electron chi connectivity index (χ0n) is 20.5. The van der Waals surface area contributed by atoms with Crippen LogP contribution in [0.5, 0.6) is 5.75 Å². The first-order chi connectivity index (χ1) is 16.5. The molecule has 6 nitrogen and oxygen atoms in total. The van der Waals surface area contributed by atoms with Gasteiger partial charge in [0, 0.05) is 26.1 Å². The van der Waals surface area contributed by atoms with Crippen molar-refractivity contribution in [1.29, 1.82) is 0 Å². The Morgan fingerprint density at radius 2 is 1.79 bits per heavy atom. The van der Waals surface area contributed by atoms with Gasteiger partial charge in [-0.25, -0.2) is 0 Å². The standard InChI is InChI=1S/C28H36N2O4/c1-4-25(28(32)29-14-16-33-17-15-29)34-23-11-10-21-12-13-30(26(31)18-20(2)3)27(24(21)19-23)22-8-6-5-7-9-22/h5-11,19-20,25,27H,4,12-18H2,1-3H3/t25-,27-/m1/s1. The van der Waals surface area contributed by atoms with Crippen LogP contribution >= 0.6 is 0 Å². The number of carbonyl (C=O) groups is 2. The van der Waals surface area contributed by atoms with E-state index in [2.05, 4.69) is 32.0 Å². The number of benzene rings is 2. The van der Waals surface area contributed by atoms with Crippen LogP contribution in [0.1, 0.15) is 56.3 Å². The molecule has 2 aromatic rings. The van der Waals surface area contributed by atoms with Crippen LogP contribution < -0.4 is 4.74 Å². The average molecular weight is 465 g/mol. The second-order valence-electron chi connectivity index (χ2n) is 9.56. The highest BCUT2D eigenvalue weighted by atomic mass is 16.5. The summed E-state index contributed by atoms with van der Waals surface area (Å²) in [6, 6.07) is 16.1. The normalized spacial score (nSPS) is 19.0. The first-order valence-electron chi connectivity index (χ1n) is 12.5. The lowest BCUT2D eigenvalue weighted by molar-refractivity contribution is -0.143. The van der Waals surface area contributed by atoms with Gasteiger partial charge in [0.05, 0.1) is 19.3 Å². The predicted molar refractivity (Wildman–Crippen MR) is 132 cm³/mol. The van der Waals surface area contributed by atoms with E-state index in [1.54, 1.807) is 0 Å². The van der Waals surface area contributed by atoms with Gasteiger partial charge in [0.1, 0.15) is 5.75 Å². The fraction of sp³-hybridized carbons (Fsp3) is 0.500. The highest BCUT2D eigenvalue weighted by Gasteiger charge is 2.33. The lowest BCUT2D eigenvalue weighted by atomic mass is 9.87. The molecule has 0 aliphatic carbocycles. The summed E-state index contributed by atoms with van der Waals surface area (Å²) in [6.07, 6.45) is 1.40. The maximum Gasteiger partial charge on any atom is 0.263 e. The van der Waals surface area contributed by atoms with Gasteiger partial charge < -0.3 is 19.3 Å². The van der Waals surface area contributed by atoms with Crippen LogP contribution in [0, 0.1) is 5.92 Å². The molecule has 182 valence electrons. The molecule has 6 heteroatoms. The largest absolute Gasteiger partial charge is 0.481 e. The summed E-state index contributed by atoms with van der Waals surface area (Å²) >= 11 is 0. The Labute approximate surface area is 202 Å². The minimum absolute atomic E-state index is 0.0110. The van der Waals surface area contributed by atoms with Gasteiger partial charge in [0.2, 0.25) is 5.91 Å². The van der Waals surface area contributed by atoms with Crippen molar-refractivity contribution in [2.45, 2.75) is 52.2 Å². The summed E-state index contributed by atoms with van der Waals surface area (Å²) in [5, 5.41) is 0. The Kier molecular flexibility index (Phi) is 7.88. The minimum Gasteiger partial charge on any atom is -0.481 e. The van der Waals surface area contributed by atoms with E-state index in [9.17, 15) is 9.59 Å². The fourth-order valence-electron chi connectivity index (χ4n) is 4.86. The lowest BCUT2D eigenvalue weighted by Gasteiger charge is -2.38. The van der Waals surface area contributed by atoms with Gasteiger partial charge in [0.15, 0.2) is 6.10 Å². The van der Waals surface area contributed by atoms with Crippen molar-refractivity contribution in [3.05, 3.63) is 65.2 Å². The van der Waals surface area contributed by atoms with Gasteiger partial charge in [-0.2, -0.15) is 0 Å². The third kappa shape index (κ3) is 5.44. The van der Waals surface area contributed by atoms with E-state index in [0.29, 0.717) is 57.4 Å². The van der Waals surface area contributed by atoms with Gasteiger partial charge in [-0.1, -0.05) is 57.2 Å². The fourth-order valence-corrected chi connectivity index (χ4v) is 4.86. The number of carbonyl (C=O) groups excluding carboxylic acids is 2. The molecule has 2 heterocycles. The highest BCUT2D eigenvalue weighted by molar-refractivity contribution is 5.81. The van der Waals surface area contributed by atoms with Crippen LogP contribution in [0.4, 0.5) is 0 Å². The van der Waals surface area contributed by atoms with Crippen molar-refractivity contribution in [3.63, 3.8) is 0 Å². The van der Waals surface area contributed by atoms with Gasteiger partial charge in [-0.15, -0.1) is 0 Å². The maximum absolute atomic E-state index is 13.2. The molecule has 0 saturated carbocycles. The average Bonchev–Trinajstić information content (AvgIpc) is 2.86. The molecule has 0 bridgehead atoms. The Balaban J connectivity index is 1.63. The lowest BCUT2D eigenvalue weighted by Crippen LogP contribution is -2.47. The first-order valence-corrected chi connectivity index (χ1v) is 12.5. The molecule has 1 saturated heterocycles. The zero-order chi connectivity index (χ0) is 24.1. The first kappa shape index (κ1) is 24.3. The minimum atomic E-state index is -0.534. The smallest absolute Gasteiger partial charge is 0.263 e. The van der Waals surface area contributed by atoms with Crippen LogP contribution in [0.15, 0.2) is 48.5 Å². The number of amides is 2. The van der Waals surface area contributed by atoms with Crippen molar-refractivity contribution in [1.82, 2.24) is 9.80 Å². The van der Waals surface area contributed by atoms with Gasteiger partial charge >= 0.3 is 0 Å². The van der Waals surface area contributed by atoms with Crippen LogP contribution in [-0.4, -0.2) is 60.6 Å². The molecule has 1 fully saturated rings. The van der Waals surface area contributed by atoms with Crippen molar-refractivity contribution in [3.8, 4) is 5.75 Å². The van der Waals surface area contributed by atoms with Crippen LogP contribution in [-0.2, 0) is 20.7 Å². The Morgan fingerprint density at radius 3 is 2.47 bits per heavy atom. The van der Waals surface area contributed by atoms with E-state index >= 15 is 0 Å². The topological polar surface area (TPSA) is 59.1 Å². The number of rotatable bonds is 7. The molecule has 4 rings (SSSR count). The van der Waals surface area contributed by atoms with Crippen molar-refractivity contribution in [2.24, 2.45) is 5.92 Å². The van der Waals surface area contributed by atoms with Crippen molar-refractivity contribution < 1.29 is 19.1 Å². The summed E-state index contributed by atoms with van der Waals surface area (Å²) < 4.78 is 11.6. The molecule has 34 heavy (non-hydrogen) atoms. The summed E-state index contributed by atoms with van der Waals surface area (Å²) in [5.74, 6) is 1.16. The van der Waals surface area contributed by atoms with Crippen LogP contribution in [0.2, 0.25) is 0 Å². The number of nitrogens with zero attached hydrogens (tertiary/aromatic N) is 2. The molecule has 2 atom stereocenters. The second-order valence-corrected chi connectivity index (χ2v) is 9.56. The van der Waals surface area contributed by atoms with E-state index < -0.39 is 6.10 Å². The molecule has 0 spiro atoms. The predicted octanol–water partition coefficient (Wildman–Crippen LogP) is 4.22. The molecule has 0 unspecified atom stereocenters. The van der Waals surface area contributed by atoms with Crippen LogP contribution in [0.3, 0.4) is 0 Å². The molecule has 2 aliphatic heterocycles. The summed E-state index contributed by atoms with van der Waals surface area (Å²) in [6.45, 7) is 9.18. The third-order valence-electron chi connectivity index (χ3n) is 6.61. The summed E-state index contributed by atoms with van der Waals surface area (Å²) in [7, 11) is 0. The molecular weight excluding hydrogens is 428 g/mol. The molecule has 2 aliphatic rings. The SMILES string of the molecule is CC[C@@H](Oc1ccc2c(c1)[C@@H](c1ccccc1)N(C(=O)CC(C)C)CC2)C(=O)N1CCOCC1. The van der Waals surface area contributed by atoms with Crippen molar-refractivity contribution >= 4 is 11.8 Å². The maximum atomic E-state index is 13.2. The quantitative estimate of drug-likeness (QED) is 0.616. The number of hydrogen-bond acceptors (Lipinski definition) is 4. The van der Waals surface area contributed by atoms with Crippen LogP contribution in [0.25, 0.3) is 0 Å². The van der Waals surface area contributed by atoms with E-state index in [0.717, 1.165) is 17.5 Å². The Morgan fingerprint density at radius 1 is 1.06 bits per heavy atom. The van der Waals surface area contributed by atoms with Gasteiger partial charge in [0.25, 0.3) is 5.91 Å². The summed E-state index contributed by atoms with van der Waals surface area (Å²) in [4.78, 5) is 30.1. The summed E-state index contributed by atoms with van der Waals surface area (Å²) in [5.41, 5.74) is 3.40. The number of morpholine rings is 1. The zero-order valence-corrected chi connectivity index (χ0v) is 20.5. The van der Waals surface area contributed by atoms with E-state index in [-0.39, 0.29) is 17.9 Å². The van der Waals surface area contributed by atoms with Gasteiger partial charge in [-0.05, 0) is 47.6 Å². The molecule has 0 aromatic heterocycles. The number of hydrogen-bond donors (Lipinski definition) is 0. The second kappa shape index (κ2) is 11.0. The molecule has 2 aromatic carbocycles. The van der Waals surface area contributed by atoms with E-state index in [4.69, 9.17) is 9.47 Å². The van der Waals surface area contributed by atoms with E-state index in [1.807, 2.05) is 47.1 Å². The van der Waals surface area contributed by atoms with Gasteiger partial charge in [-0.3, -0.25) is 9.59 Å². The molecule has 0 N–H and O–H groups in total. The Hall–Kier alpha value is -2.86.